The van der Waals surface area contributed by atoms with Crippen molar-refractivity contribution in [3.63, 3.8) is 0 Å². The quantitative estimate of drug-likeness (QED) is 0.648. The van der Waals surface area contributed by atoms with E-state index in [0.717, 1.165) is 46.4 Å². The molecular formula is C15H20BrN3O. The van der Waals surface area contributed by atoms with Gasteiger partial charge in [0.15, 0.2) is 0 Å². The Morgan fingerprint density at radius 3 is 2.85 bits per heavy atom. The fraction of sp³-hybridized carbons (Fsp3) is 0.400. The summed E-state index contributed by atoms with van der Waals surface area (Å²) in [5.41, 5.74) is 8.84. The minimum absolute atomic E-state index is 0.715. The Balaban J connectivity index is 2.39. The van der Waals surface area contributed by atoms with Crippen LogP contribution in [-0.2, 0) is 4.74 Å². The molecule has 1 aromatic heterocycles. The first-order valence-corrected chi connectivity index (χ1v) is 7.63. The van der Waals surface area contributed by atoms with Crippen LogP contribution in [0.3, 0.4) is 0 Å². The van der Waals surface area contributed by atoms with Gasteiger partial charge in [-0.25, -0.2) is 0 Å². The van der Waals surface area contributed by atoms with E-state index < -0.39 is 0 Å². The second-order valence-corrected chi connectivity index (χ2v) is 5.42. The van der Waals surface area contributed by atoms with Crippen molar-refractivity contribution in [3.05, 3.63) is 28.9 Å². The molecule has 0 amide bonds. The molecule has 0 atom stereocenters. The number of aromatic nitrogens is 1. The zero-order valence-corrected chi connectivity index (χ0v) is 13.5. The van der Waals surface area contributed by atoms with Crippen molar-refractivity contribution >= 4 is 38.2 Å². The van der Waals surface area contributed by atoms with Gasteiger partial charge in [0.1, 0.15) is 0 Å². The number of ether oxygens (including phenoxy) is 1. The fourth-order valence-electron chi connectivity index (χ4n) is 2.22. The van der Waals surface area contributed by atoms with Crippen LogP contribution in [-0.4, -0.2) is 31.3 Å². The Morgan fingerprint density at radius 1 is 1.35 bits per heavy atom. The van der Waals surface area contributed by atoms with Crippen molar-refractivity contribution in [2.75, 3.05) is 36.9 Å². The molecule has 4 nitrogen and oxygen atoms in total. The van der Waals surface area contributed by atoms with E-state index in [1.165, 1.54) is 0 Å². The van der Waals surface area contributed by atoms with Crippen LogP contribution in [0.25, 0.3) is 10.9 Å². The standard InChI is InChI=1S/C15H20BrN3O/c1-3-19(7-8-20-4-2)14-6-5-13(17)12-9-11(16)10-18-15(12)14/h5-6,9-10H,3-4,7-8,17H2,1-2H3. The first kappa shape index (κ1) is 15.1. The van der Waals surface area contributed by atoms with Crippen LogP contribution in [0.5, 0.6) is 0 Å². The third kappa shape index (κ3) is 3.22. The summed E-state index contributed by atoms with van der Waals surface area (Å²) >= 11 is 3.44. The van der Waals surface area contributed by atoms with E-state index in [1.54, 1.807) is 0 Å². The van der Waals surface area contributed by atoms with E-state index in [-0.39, 0.29) is 0 Å². The lowest BCUT2D eigenvalue weighted by Gasteiger charge is -2.24. The summed E-state index contributed by atoms with van der Waals surface area (Å²) in [5.74, 6) is 0. The number of nitrogens with zero attached hydrogens (tertiary/aromatic N) is 2. The Kier molecular flexibility index (Phi) is 5.20. The number of benzene rings is 1. The molecule has 5 heteroatoms. The third-order valence-corrected chi connectivity index (χ3v) is 3.69. The number of anilines is 2. The smallest absolute Gasteiger partial charge is 0.0956 e. The predicted molar refractivity (Wildman–Crippen MR) is 88.2 cm³/mol. The van der Waals surface area contributed by atoms with E-state index in [0.29, 0.717) is 6.61 Å². The predicted octanol–water partition coefficient (Wildman–Crippen LogP) is 3.44. The third-order valence-electron chi connectivity index (χ3n) is 3.26. The number of rotatable bonds is 6. The number of likely N-dealkylation sites (N-methyl/N-ethyl adjacent to an activating group) is 1. The topological polar surface area (TPSA) is 51.4 Å². The highest BCUT2D eigenvalue weighted by molar-refractivity contribution is 9.10. The van der Waals surface area contributed by atoms with Gasteiger partial charge in [-0.1, -0.05) is 0 Å². The molecule has 0 aliphatic heterocycles. The minimum Gasteiger partial charge on any atom is -0.398 e. The van der Waals surface area contributed by atoms with Crippen molar-refractivity contribution in [3.8, 4) is 0 Å². The molecule has 108 valence electrons. The van der Waals surface area contributed by atoms with E-state index in [1.807, 2.05) is 31.3 Å². The molecular weight excluding hydrogens is 318 g/mol. The van der Waals surface area contributed by atoms with Gasteiger partial charge in [-0.2, -0.15) is 0 Å². The van der Waals surface area contributed by atoms with Crippen LogP contribution in [0.4, 0.5) is 11.4 Å². The lowest BCUT2D eigenvalue weighted by Crippen LogP contribution is -2.27. The number of pyridine rings is 1. The van der Waals surface area contributed by atoms with Crippen LogP contribution >= 0.6 is 15.9 Å². The summed E-state index contributed by atoms with van der Waals surface area (Å²) in [6.07, 6.45) is 1.81. The number of hydrogen-bond acceptors (Lipinski definition) is 4. The number of nitrogen functional groups attached to an aromatic ring is 1. The van der Waals surface area contributed by atoms with Gasteiger partial charge < -0.3 is 15.4 Å². The molecule has 2 aromatic rings. The average molecular weight is 338 g/mol. The second-order valence-electron chi connectivity index (χ2n) is 4.50. The average Bonchev–Trinajstić information content (AvgIpc) is 2.45. The molecule has 0 saturated heterocycles. The second kappa shape index (κ2) is 6.90. The lowest BCUT2D eigenvalue weighted by atomic mass is 10.1. The summed E-state index contributed by atoms with van der Waals surface area (Å²) < 4.78 is 6.38. The molecule has 2 rings (SSSR count). The zero-order valence-electron chi connectivity index (χ0n) is 11.9. The van der Waals surface area contributed by atoms with Crippen molar-refractivity contribution in [2.45, 2.75) is 13.8 Å². The van der Waals surface area contributed by atoms with Gasteiger partial charge in [0, 0.05) is 41.4 Å². The summed E-state index contributed by atoms with van der Waals surface area (Å²) in [6, 6.07) is 5.99. The summed E-state index contributed by atoms with van der Waals surface area (Å²) in [7, 11) is 0. The molecule has 0 aliphatic rings. The first-order chi connectivity index (χ1) is 9.67. The molecule has 2 N–H and O–H groups in total. The normalized spacial score (nSPS) is 10.9. The summed E-state index contributed by atoms with van der Waals surface area (Å²) in [4.78, 5) is 6.79. The highest BCUT2D eigenvalue weighted by Gasteiger charge is 2.11. The van der Waals surface area contributed by atoms with Crippen LogP contribution in [0, 0.1) is 0 Å². The molecule has 0 radical (unpaired) electrons. The molecule has 0 unspecified atom stereocenters. The van der Waals surface area contributed by atoms with Crippen LogP contribution in [0.15, 0.2) is 28.9 Å². The summed E-state index contributed by atoms with van der Waals surface area (Å²) in [5, 5.41) is 0.978. The Bertz CT molecular complexity index is 589. The van der Waals surface area contributed by atoms with Crippen molar-refractivity contribution in [1.82, 2.24) is 4.98 Å². The van der Waals surface area contributed by atoms with Crippen molar-refractivity contribution in [1.29, 1.82) is 0 Å². The number of hydrogen-bond donors (Lipinski definition) is 1. The number of halogens is 1. The molecule has 0 fully saturated rings. The number of fused-ring (bicyclic) bond motifs is 1. The summed E-state index contributed by atoms with van der Waals surface area (Å²) in [6.45, 7) is 7.35. The molecule has 20 heavy (non-hydrogen) atoms. The molecule has 0 bridgehead atoms. The van der Waals surface area contributed by atoms with E-state index in [4.69, 9.17) is 10.5 Å². The molecule has 0 spiro atoms. The Labute approximate surface area is 128 Å². The Morgan fingerprint density at radius 2 is 2.15 bits per heavy atom. The van der Waals surface area contributed by atoms with Gasteiger partial charge >= 0.3 is 0 Å². The lowest BCUT2D eigenvalue weighted by molar-refractivity contribution is 0.154. The maximum absolute atomic E-state index is 6.05. The van der Waals surface area contributed by atoms with Crippen LogP contribution in [0.1, 0.15) is 13.8 Å². The molecule has 0 aliphatic carbocycles. The molecule has 1 aromatic carbocycles. The van der Waals surface area contributed by atoms with E-state index in [9.17, 15) is 0 Å². The molecule has 0 saturated carbocycles. The van der Waals surface area contributed by atoms with Crippen molar-refractivity contribution < 1.29 is 4.74 Å². The van der Waals surface area contributed by atoms with E-state index in [2.05, 4.69) is 32.7 Å². The highest BCUT2D eigenvalue weighted by Crippen LogP contribution is 2.31. The fourth-order valence-corrected chi connectivity index (χ4v) is 2.56. The van der Waals surface area contributed by atoms with Crippen molar-refractivity contribution in [2.24, 2.45) is 0 Å². The first-order valence-electron chi connectivity index (χ1n) is 6.83. The maximum atomic E-state index is 6.05. The largest absolute Gasteiger partial charge is 0.398 e. The zero-order chi connectivity index (χ0) is 14.5. The SMILES string of the molecule is CCOCCN(CC)c1ccc(N)c2cc(Br)cnc12. The van der Waals surface area contributed by atoms with Gasteiger partial charge in [0.25, 0.3) is 0 Å². The van der Waals surface area contributed by atoms with Gasteiger partial charge in [0.05, 0.1) is 17.8 Å². The van der Waals surface area contributed by atoms with Gasteiger partial charge in [0.2, 0.25) is 0 Å². The monoisotopic (exact) mass is 337 g/mol. The Hall–Kier alpha value is -1.33. The number of nitrogens with two attached hydrogens (primary N) is 1. The van der Waals surface area contributed by atoms with Crippen LogP contribution in [0.2, 0.25) is 0 Å². The van der Waals surface area contributed by atoms with E-state index >= 15 is 0 Å². The van der Waals surface area contributed by atoms with Crippen LogP contribution < -0.4 is 10.6 Å². The van der Waals surface area contributed by atoms with Gasteiger partial charge in [-0.05, 0) is 48.0 Å². The minimum atomic E-state index is 0.715. The van der Waals surface area contributed by atoms with Gasteiger partial charge in [-0.15, -0.1) is 0 Å². The highest BCUT2D eigenvalue weighted by atomic mass is 79.9. The maximum Gasteiger partial charge on any atom is 0.0956 e. The molecule has 1 heterocycles. The van der Waals surface area contributed by atoms with Gasteiger partial charge in [-0.3, -0.25) is 4.98 Å².